The summed E-state index contributed by atoms with van der Waals surface area (Å²) < 4.78 is 22.7. The van der Waals surface area contributed by atoms with Gasteiger partial charge in [-0.15, -0.1) is 11.3 Å². The Morgan fingerprint density at radius 1 is 1.06 bits per heavy atom. The monoisotopic (exact) mass is 533 g/mol. The molecule has 0 spiro atoms. The number of rotatable bonds is 5. The standard InChI is InChI=1S/C21H15N3O10S2/c1-22-9-4-11-12(32-8-31-11)5-10(9)33-14(22)3-2-13-18(29)23(6-15(25)26)20(36-13)17-19(30)24(7-16(27)28)21(35)34-17/h2-5H,6-8H2,1H3,(H,25,26)(H,27,28)/b13-2?,14-3-,20-17+. The van der Waals surface area contributed by atoms with Gasteiger partial charge in [-0.3, -0.25) is 28.6 Å². The number of thiazole rings is 1. The van der Waals surface area contributed by atoms with Crippen LogP contribution in [0.1, 0.15) is 0 Å². The van der Waals surface area contributed by atoms with Crippen molar-refractivity contribution in [2.24, 2.45) is 0 Å². The molecular weight excluding hydrogens is 518 g/mol. The number of aliphatic carboxylic acids is 2. The number of hydrogen-bond acceptors (Lipinski definition) is 11. The lowest BCUT2D eigenvalue weighted by atomic mass is 10.2. The van der Waals surface area contributed by atoms with Crippen molar-refractivity contribution in [2.45, 2.75) is 6.54 Å². The van der Waals surface area contributed by atoms with Crippen LogP contribution in [0.25, 0.3) is 11.8 Å². The first-order valence-corrected chi connectivity index (χ1v) is 11.3. The average molecular weight is 533 g/mol. The highest BCUT2D eigenvalue weighted by Crippen LogP contribution is 2.46. The number of carboxylic acids is 2. The van der Waals surface area contributed by atoms with E-state index in [1.54, 1.807) is 24.1 Å². The van der Waals surface area contributed by atoms with Crippen molar-refractivity contribution in [2.75, 3.05) is 25.3 Å². The van der Waals surface area contributed by atoms with Crippen LogP contribution >= 0.6 is 23.6 Å². The summed E-state index contributed by atoms with van der Waals surface area (Å²) >= 11 is 5.72. The van der Waals surface area contributed by atoms with Gasteiger partial charge >= 0.3 is 17.8 Å². The molecule has 4 heterocycles. The Kier molecular flexibility index (Phi) is 5.64. The van der Waals surface area contributed by atoms with Crippen LogP contribution < -0.4 is 33.9 Å². The third kappa shape index (κ3) is 3.93. The van der Waals surface area contributed by atoms with E-state index in [-0.39, 0.29) is 16.0 Å². The topological polar surface area (TPSA) is 157 Å². The van der Waals surface area contributed by atoms with E-state index in [1.807, 2.05) is 0 Å². The molecule has 0 bridgehead atoms. The van der Waals surface area contributed by atoms with Crippen LogP contribution in [0.2, 0.25) is 0 Å². The molecule has 2 aromatic rings. The molecule has 13 nitrogen and oxygen atoms in total. The summed E-state index contributed by atoms with van der Waals surface area (Å²) in [6, 6.07) is 3.44. The summed E-state index contributed by atoms with van der Waals surface area (Å²) in [6.45, 7) is -1.38. The van der Waals surface area contributed by atoms with Crippen molar-refractivity contribution in [3.8, 4) is 17.2 Å². The van der Waals surface area contributed by atoms with Gasteiger partial charge in [0.05, 0.1) is 10.2 Å². The lowest BCUT2D eigenvalue weighted by Crippen LogP contribution is -2.36. The predicted octanol–water partition coefficient (Wildman–Crippen LogP) is -0.790. The molecule has 36 heavy (non-hydrogen) atoms. The summed E-state index contributed by atoms with van der Waals surface area (Å²) in [5.41, 5.74) is 0.0151. The second-order valence-corrected chi connectivity index (χ2v) is 8.92. The molecular formula is C21H15N3O10S2. The Morgan fingerprint density at radius 3 is 2.44 bits per heavy atom. The van der Waals surface area contributed by atoms with Crippen LogP contribution in [0.3, 0.4) is 0 Å². The number of aromatic nitrogens is 1. The van der Waals surface area contributed by atoms with Crippen molar-refractivity contribution in [1.29, 1.82) is 0 Å². The number of carboxylic acid groups (broad SMARTS) is 2. The van der Waals surface area contributed by atoms with Crippen LogP contribution in [0.15, 0.2) is 28.9 Å². The van der Waals surface area contributed by atoms with Crippen LogP contribution in [0, 0.1) is 0 Å². The van der Waals surface area contributed by atoms with E-state index in [9.17, 15) is 24.3 Å². The van der Waals surface area contributed by atoms with E-state index < -0.39 is 47.4 Å². The highest BCUT2D eigenvalue weighted by molar-refractivity contribution is 7.80. The first kappa shape index (κ1) is 23.4. The molecule has 2 N–H and O–H groups in total. The summed E-state index contributed by atoms with van der Waals surface area (Å²) in [4.78, 5) is 50.6. The van der Waals surface area contributed by atoms with E-state index in [2.05, 4.69) is 0 Å². The van der Waals surface area contributed by atoms with Gasteiger partial charge in [0.15, 0.2) is 23.1 Å². The molecule has 0 aliphatic carbocycles. The number of carbonyl (C=O) groups excluding carboxylic acids is 1. The smallest absolute Gasteiger partial charge is 0.323 e. The maximum atomic E-state index is 13.0. The normalized spacial score (nSPS) is 19.1. The molecule has 15 heteroatoms. The quantitative estimate of drug-likeness (QED) is 0.463. The van der Waals surface area contributed by atoms with Crippen molar-refractivity contribution in [3.05, 3.63) is 43.6 Å². The first-order chi connectivity index (χ1) is 17.1. The minimum Gasteiger partial charge on any atom is -0.480 e. The van der Waals surface area contributed by atoms with Gasteiger partial charge in [-0.1, -0.05) is 0 Å². The van der Waals surface area contributed by atoms with Crippen molar-refractivity contribution >= 4 is 64.1 Å². The maximum absolute atomic E-state index is 13.0. The Hall–Kier alpha value is -4.37. The molecule has 186 valence electrons. The first-order valence-electron chi connectivity index (χ1n) is 10.1. The number of nitrogens with zero attached hydrogens (tertiary/aromatic N) is 3. The van der Waals surface area contributed by atoms with Gasteiger partial charge in [0.2, 0.25) is 12.6 Å². The third-order valence-corrected chi connectivity index (χ3v) is 6.71. The molecule has 5 rings (SSSR count). The number of fused-ring (bicyclic) bond motifs is 2. The zero-order chi connectivity index (χ0) is 25.7. The van der Waals surface area contributed by atoms with E-state index >= 15 is 0 Å². The Bertz CT molecular complexity index is 1570. The molecule has 3 aliphatic rings. The number of benzene rings is 1. The molecule has 0 radical (unpaired) electrons. The minimum absolute atomic E-state index is 0.0763. The third-order valence-electron chi connectivity index (χ3n) is 5.28. The number of ether oxygens (including phenoxy) is 4. The van der Waals surface area contributed by atoms with E-state index in [0.29, 0.717) is 33.7 Å². The van der Waals surface area contributed by atoms with Crippen LogP contribution in [-0.2, 0) is 25.7 Å². The zero-order valence-electron chi connectivity index (χ0n) is 18.2. The van der Waals surface area contributed by atoms with Gasteiger partial charge in [-0.2, -0.15) is 0 Å². The summed E-state index contributed by atoms with van der Waals surface area (Å²) in [7, 11) is 1.75. The lowest BCUT2D eigenvalue weighted by Gasteiger charge is -2.10. The van der Waals surface area contributed by atoms with Crippen molar-refractivity contribution in [1.82, 2.24) is 9.47 Å². The highest BCUT2D eigenvalue weighted by atomic mass is 32.1. The number of hydrogen-bond donors (Lipinski definition) is 2. The molecule has 1 saturated heterocycles. The zero-order valence-corrected chi connectivity index (χ0v) is 19.9. The van der Waals surface area contributed by atoms with Gasteiger partial charge in [-0.05, 0) is 18.3 Å². The van der Waals surface area contributed by atoms with Gasteiger partial charge in [0.25, 0.3) is 10.7 Å². The van der Waals surface area contributed by atoms with Crippen molar-refractivity contribution in [3.63, 3.8) is 0 Å². The molecule has 1 aromatic heterocycles. The summed E-state index contributed by atoms with van der Waals surface area (Å²) in [6.07, 6.45) is 2.93. The number of amides is 1. The molecule has 3 aliphatic heterocycles. The highest BCUT2D eigenvalue weighted by Gasteiger charge is 2.37. The van der Waals surface area contributed by atoms with Crippen LogP contribution in [0.5, 0.6) is 17.2 Å². The average Bonchev–Trinajstić information content (AvgIpc) is 3.54. The molecule has 1 amide bonds. The number of anilines is 1. The van der Waals surface area contributed by atoms with E-state index in [4.69, 9.17) is 36.3 Å². The Balaban J connectivity index is 1.57. The molecule has 1 aromatic carbocycles. The van der Waals surface area contributed by atoms with E-state index in [0.717, 1.165) is 15.9 Å². The summed E-state index contributed by atoms with van der Waals surface area (Å²) in [5.74, 6) is -1.97. The molecule has 0 atom stereocenters. The van der Waals surface area contributed by atoms with Crippen molar-refractivity contribution < 1.29 is 43.5 Å². The second kappa shape index (κ2) is 8.69. The van der Waals surface area contributed by atoms with Crippen LogP contribution in [-0.4, -0.2) is 63.1 Å². The van der Waals surface area contributed by atoms with Gasteiger partial charge in [0.1, 0.15) is 17.8 Å². The summed E-state index contributed by atoms with van der Waals surface area (Å²) in [5, 5.41) is 17.9. The lowest BCUT2D eigenvalue weighted by molar-refractivity contribution is -0.140. The minimum atomic E-state index is -1.33. The van der Waals surface area contributed by atoms with E-state index in [1.165, 1.54) is 12.2 Å². The molecule has 0 unspecified atom stereocenters. The SMILES string of the molecule is CN1/C(=C/C=c2s/c(=C3/OC(=S)N(CC(=O)O)C3=O)n(CC(=O)O)c2=O)Oc2cc3c(cc21)OCO3. The largest absolute Gasteiger partial charge is 0.480 e. The van der Waals surface area contributed by atoms with Crippen LogP contribution in [0.4, 0.5) is 5.69 Å². The van der Waals surface area contributed by atoms with Gasteiger partial charge in [-0.25, -0.2) is 0 Å². The maximum Gasteiger partial charge on any atom is 0.323 e. The fourth-order valence-electron chi connectivity index (χ4n) is 3.63. The fraction of sp³-hybridized carbons (Fsp3) is 0.190. The Morgan fingerprint density at radius 2 is 1.75 bits per heavy atom. The fourth-order valence-corrected chi connectivity index (χ4v) is 4.88. The Labute approximate surface area is 209 Å². The second-order valence-electron chi connectivity index (χ2n) is 7.54. The van der Waals surface area contributed by atoms with Gasteiger partial charge in [0, 0.05) is 25.3 Å². The predicted molar refractivity (Wildman–Crippen MR) is 126 cm³/mol. The molecule has 0 saturated carbocycles. The number of allylic oxidation sites excluding steroid dienone is 1. The van der Waals surface area contributed by atoms with Gasteiger partial charge < -0.3 is 34.1 Å². The number of thiocarbonyl (C=S) groups is 1. The number of carbonyl (C=O) groups is 3. The molecule has 1 fully saturated rings.